The third-order valence-corrected chi connectivity index (χ3v) is 3.99. The summed E-state index contributed by atoms with van der Waals surface area (Å²) in [7, 11) is 0. The van der Waals surface area contributed by atoms with Gasteiger partial charge in [-0.15, -0.1) is 0 Å². The van der Waals surface area contributed by atoms with Crippen LogP contribution in [0.25, 0.3) is 5.57 Å². The third-order valence-electron chi connectivity index (χ3n) is 3.99. The van der Waals surface area contributed by atoms with Gasteiger partial charge in [-0.2, -0.15) is 0 Å². The lowest BCUT2D eigenvalue weighted by Gasteiger charge is -2.42. The van der Waals surface area contributed by atoms with E-state index in [4.69, 9.17) is 4.74 Å². The van der Waals surface area contributed by atoms with Crippen molar-refractivity contribution >= 4 is 11.3 Å². The van der Waals surface area contributed by atoms with Crippen LogP contribution in [0.15, 0.2) is 60.7 Å². The Hall–Kier alpha value is -2.22. The summed E-state index contributed by atoms with van der Waals surface area (Å²) in [6.07, 6.45) is 2.31. The van der Waals surface area contributed by atoms with E-state index in [1.165, 1.54) is 16.8 Å². The minimum absolute atomic E-state index is 0.0623. The highest BCUT2D eigenvalue weighted by atomic mass is 16.5. The molecule has 0 N–H and O–H groups in total. The zero-order valence-corrected chi connectivity index (χ0v) is 12.8. The molecule has 108 valence electrons. The fourth-order valence-corrected chi connectivity index (χ4v) is 2.93. The van der Waals surface area contributed by atoms with E-state index in [9.17, 15) is 0 Å². The molecule has 0 aliphatic carbocycles. The predicted molar refractivity (Wildman–Crippen MR) is 88.6 cm³/mol. The van der Waals surface area contributed by atoms with Crippen LogP contribution < -0.4 is 9.64 Å². The Morgan fingerprint density at radius 3 is 2.38 bits per heavy atom. The number of ether oxygens (including phenoxy) is 1. The Morgan fingerprint density at radius 2 is 1.62 bits per heavy atom. The number of anilines is 1. The maximum absolute atomic E-state index is 5.97. The lowest BCUT2D eigenvalue weighted by molar-refractivity contribution is 0.288. The second-order valence-corrected chi connectivity index (χ2v) is 6.01. The summed E-state index contributed by atoms with van der Waals surface area (Å²) in [6, 6.07) is 18.5. The van der Waals surface area contributed by atoms with Crippen molar-refractivity contribution in [3.8, 4) is 5.75 Å². The zero-order chi connectivity index (χ0) is 14.9. The molecule has 0 saturated carbocycles. The van der Waals surface area contributed by atoms with Gasteiger partial charge < -0.3 is 9.64 Å². The van der Waals surface area contributed by atoms with Crippen molar-refractivity contribution < 1.29 is 4.74 Å². The molecule has 0 spiro atoms. The number of nitrogens with zero attached hydrogens (tertiary/aromatic N) is 1. The lowest BCUT2D eigenvalue weighted by Crippen LogP contribution is -2.47. The van der Waals surface area contributed by atoms with Crippen LogP contribution in [0.2, 0.25) is 0 Å². The van der Waals surface area contributed by atoms with Crippen molar-refractivity contribution in [1.82, 2.24) is 0 Å². The fourth-order valence-electron chi connectivity index (χ4n) is 2.93. The molecule has 0 radical (unpaired) electrons. The average molecular weight is 279 g/mol. The van der Waals surface area contributed by atoms with Crippen LogP contribution in [0, 0.1) is 0 Å². The maximum atomic E-state index is 5.97. The first-order valence-electron chi connectivity index (χ1n) is 7.32. The first-order chi connectivity index (χ1) is 10.1. The van der Waals surface area contributed by atoms with E-state index in [1.807, 2.05) is 30.3 Å². The van der Waals surface area contributed by atoms with Gasteiger partial charge in [-0.05, 0) is 44.5 Å². The number of para-hydroxylation sites is 2. The molecular formula is C19H21NO. The van der Waals surface area contributed by atoms with Gasteiger partial charge in [0.05, 0.1) is 5.54 Å². The Balaban J connectivity index is 1.90. The number of allylic oxidation sites excluding steroid dienone is 1. The number of fused-ring (bicyclic) bond motifs is 1. The summed E-state index contributed by atoms with van der Waals surface area (Å²) < 4.78 is 5.97. The van der Waals surface area contributed by atoms with E-state index in [-0.39, 0.29) is 5.54 Å². The smallest absolute Gasteiger partial charge is 0.162 e. The topological polar surface area (TPSA) is 12.5 Å². The quantitative estimate of drug-likeness (QED) is 0.805. The molecule has 2 aromatic carbocycles. The normalized spacial score (nSPS) is 16.1. The van der Waals surface area contributed by atoms with Crippen LogP contribution in [0.5, 0.6) is 5.75 Å². The molecule has 0 unspecified atom stereocenters. The van der Waals surface area contributed by atoms with Gasteiger partial charge in [-0.3, -0.25) is 0 Å². The molecule has 2 heteroatoms. The molecule has 3 rings (SSSR count). The average Bonchev–Trinajstić information content (AvgIpc) is 2.47. The van der Waals surface area contributed by atoms with Crippen LogP contribution in [0.1, 0.15) is 26.3 Å². The summed E-state index contributed by atoms with van der Waals surface area (Å²) in [5.74, 6) is 0.900. The molecule has 2 nitrogen and oxygen atoms in total. The molecule has 0 saturated heterocycles. The van der Waals surface area contributed by atoms with Gasteiger partial charge >= 0.3 is 0 Å². The summed E-state index contributed by atoms with van der Waals surface area (Å²) in [5, 5.41) is 0. The molecule has 2 aromatic rings. The van der Waals surface area contributed by atoms with Crippen LogP contribution in [-0.2, 0) is 0 Å². The molecule has 0 bridgehead atoms. The van der Waals surface area contributed by atoms with Crippen LogP contribution in [0.3, 0.4) is 0 Å². The van der Waals surface area contributed by atoms with Crippen molar-refractivity contribution in [3.05, 3.63) is 66.2 Å². The summed E-state index contributed by atoms with van der Waals surface area (Å²) in [6.45, 7) is 7.16. The highest BCUT2D eigenvalue weighted by molar-refractivity contribution is 5.80. The van der Waals surface area contributed by atoms with Gasteiger partial charge in [0.1, 0.15) is 5.75 Å². The first-order valence-corrected chi connectivity index (χ1v) is 7.32. The van der Waals surface area contributed by atoms with Crippen molar-refractivity contribution in [2.24, 2.45) is 0 Å². The third kappa shape index (κ3) is 2.66. The molecule has 1 aliphatic rings. The number of hydrogen-bond acceptors (Lipinski definition) is 2. The van der Waals surface area contributed by atoms with Gasteiger partial charge in [-0.25, -0.2) is 0 Å². The first kappa shape index (κ1) is 13.7. The van der Waals surface area contributed by atoms with E-state index >= 15 is 0 Å². The Bertz CT molecular complexity index is 658. The molecule has 1 aliphatic heterocycles. The van der Waals surface area contributed by atoms with Crippen molar-refractivity contribution in [1.29, 1.82) is 0 Å². The lowest BCUT2D eigenvalue weighted by atomic mass is 9.89. The Morgan fingerprint density at radius 1 is 0.952 bits per heavy atom. The SMILES string of the molecule is CC1=CC(C)(C)N(COc2ccccc2)c2ccccc21. The number of rotatable bonds is 3. The fraction of sp³-hybridized carbons (Fsp3) is 0.263. The van der Waals surface area contributed by atoms with Gasteiger partial charge in [0.2, 0.25) is 0 Å². The maximum Gasteiger partial charge on any atom is 0.162 e. The predicted octanol–water partition coefficient (Wildman–Crippen LogP) is 4.73. The van der Waals surface area contributed by atoms with E-state index in [0.29, 0.717) is 6.73 Å². The standard InChI is InChI=1S/C19H21NO/c1-15-13-19(2,3)20(18-12-8-7-11-17(15)18)14-21-16-9-5-4-6-10-16/h4-13H,14H2,1-3H3. The second kappa shape index (κ2) is 5.28. The van der Waals surface area contributed by atoms with E-state index < -0.39 is 0 Å². The summed E-state index contributed by atoms with van der Waals surface area (Å²) in [5.41, 5.74) is 3.78. The molecule has 0 fully saturated rings. The van der Waals surface area contributed by atoms with E-state index in [1.54, 1.807) is 0 Å². The molecule has 0 amide bonds. The van der Waals surface area contributed by atoms with Gasteiger partial charge in [0.15, 0.2) is 6.73 Å². The van der Waals surface area contributed by atoms with Crippen LogP contribution in [-0.4, -0.2) is 12.3 Å². The Kier molecular flexibility index (Phi) is 3.46. The van der Waals surface area contributed by atoms with E-state index in [2.05, 4.69) is 56.0 Å². The van der Waals surface area contributed by atoms with E-state index in [0.717, 1.165) is 5.75 Å². The van der Waals surface area contributed by atoms with Gasteiger partial charge in [-0.1, -0.05) is 42.5 Å². The number of hydrogen-bond donors (Lipinski definition) is 0. The monoisotopic (exact) mass is 279 g/mol. The molecule has 0 aromatic heterocycles. The molecule has 21 heavy (non-hydrogen) atoms. The highest BCUT2D eigenvalue weighted by Crippen LogP contribution is 2.38. The largest absolute Gasteiger partial charge is 0.473 e. The highest BCUT2D eigenvalue weighted by Gasteiger charge is 2.31. The minimum Gasteiger partial charge on any atom is -0.473 e. The van der Waals surface area contributed by atoms with Gasteiger partial charge in [0, 0.05) is 11.3 Å². The van der Waals surface area contributed by atoms with Crippen molar-refractivity contribution in [2.75, 3.05) is 11.6 Å². The van der Waals surface area contributed by atoms with Crippen molar-refractivity contribution in [3.63, 3.8) is 0 Å². The summed E-state index contributed by atoms with van der Waals surface area (Å²) >= 11 is 0. The zero-order valence-electron chi connectivity index (χ0n) is 12.8. The van der Waals surface area contributed by atoms with Crippen molar-refractivity contribution in [2.45, 2.75) is 26.3 Å². The summed E-state index contributed by atoms with van der Waals surface area (Å²) in [4.78, 5) is 2.31. The minimum atomic E-state index is -0.0623. The van der Waals surface area contributed by atoms with Crippen LogP contribution >= 0.6 is 0 Å². The Labute approximate surface area is 126 Å². The number of benzene rings is 2. The molecule has 1 heterocycles. The second-order valence-electron chi connectivity index (χ2n) is 6.01. The van der Waals surface area contributed by atoms with Crippen LogP contribution in [0.4, 0.5) is 5.69 Å². The molecular weight excluding hydrogens is 258 g/mol. The van der Waals surface area contributed by atoms with Gasteiger partial charge in [0.25, 0.3) is 0 Å². The molecule has 0 atom stereocenters.